The molecule has 274 valence electrons. The number of carbonyl (C=O) groups is 2. The summed E-state index contributed by atoms with van der Waals surface area (Å²) in [6.07, 6.45) is -7.74. The Morgan fingerprint density at radius 1 is 0.922 bits per heavy atom. The Balaban J connectivity index is 1.36. The van der Waals surface area contributed by atoms with Crippen molar-refractivity contribution in [1.82, 2.24) is 10.2 Å². The number of hydrogen-bond donors (Lipinski definition) is 8. The first kappa shape index (κ1) is 37.1. The fraction of sp³-hybridized carbons (Fsp3) is 0.400. The molecule has 2 fully saturated rings. The van der Waals surface area contributed by atoms with E-state index in [4.69, 9.17) is 30.1 Å². The number of aliphatic hydroxyl groups is 4. The number of nitrogens with one attached hydrogen (secondary N) is 3. The van der Waals surface area contributed by atoms with Crippen LogP contribution in [0.1, 0.15) is 17.2 Å². The molecule has 0 bridgehead atoms. The molecule has 0 radical (unpaired) electrons. The Morgan fingerprint density at radius 2 is 1.59 bits per heavy atom. The van der Waals surface area contributed by atoms with E-state index in [-0.39, 0.29) is 29.6 Å². The topological polar surface area (TPSA) is 232 Å². The zero-order valence-electron chi connectivity index (χ0n) is 28.3. The van der Waals surface area contributed by atoms with E-state index in [1.54, 1.807) is 42.3 Å². The van der Waals surface area contributed by atoms with Crippen LogP contribution in [0.3, 0.4) is 0 Å². The van der Waals surface area contributed by atoms with Crippen LogP contribution >= 0.6 is 0 Å². The van der Waals surface area contributed by atoms with Crippen molar-refractivity contribution in [2.45, 2.75) is 36.7 Å². The number of ether oxygens (including phenoxy) is 4. The third-order valence-electron chi connectivity index (χ3n) is 8.87. The standard InChI is InChI=1S/C35H44N6O10/c1-48-25-12-11-20(33(36)37)17-22(25)39-29(21-7-3-5-9-24(21)50-35-32(46)31(45)30(44)27(19-42)51-35)34(47)38-18-28(43)41-15-13-40(14-16-41)23-8-4-6-10-26(23)49-2/h3-12,17,27,29-32,35,39,42,44-46H,13-16,18-19H2,1-2H3,(H3,36,37)(H,38,47). The molecule has 9 N–H and O–H groups in total. The second-order valence-corrected chi connectivity index (χ2v) is 12.0. The molecule has 51 heavy (non-hydrogen) atoms. The van der Waals surface area contributed by atoms with Gasteiger partial charge in [-0.2, -0.15) is 0 Å². The number of rotatable bonds is 13. The second-order valence-electron chi connectivity index (χ2n) is 12.0. The number of aliphatic hydroxyl groups excluding tert-OH is 4. The zero-order valence-corrected chi connectivity index (χ0v) is 28.3. The molecule has 3 aromatic rings. The van der Waals surface area contributed by atoms with Crippen LogP contribution in [0.15, 0.2) is 66.7 Å². The molecule has 16 heteroatoms. The maximum atomic E-state index is 14.0. The lowest BCUT2D eigenvalue weighted by Crippen LogP contribution is -2.60. The van der Waals surface area contributed by atoms with Crippen molar-refractivity contribution >= 4 is 29.0 Å². The molecule has 2 saturated heterocycles. The summed E-state index contributed by atoms with van der Waals surface area (Å²) in [5.41, 5.74) is 7.56. The number of benzene rings is 3. The molecule has 6 unspecified atom stereocenters. The Hall–Kier alpha value is -5.13. The molecule has 16 nitrogen and oxygen atoms in total. The predicted octanol–water partition coefficient (Wildman–Crippen LogP) is -0.215. The number of nitrogens with zero attached hydrogens (tertiary/aromatic N) is 2. The van der Waals surface area contributed by atoms with Crippen LogP contribution in [-0.2, 0) is 14.3 Å². The lowest BCUT2D eigenvalue weighted by atomic mass is 9.99. The average Bonchev–Trinajstić information content (AvgIpc) is 3.16. The van der Waals surface area contributed by atoms with Crippen LogP contribution in [0.5, 0.6) is 17.2 Å². The van der Waals surface area contributed by atoms with E-state index in [0.29, 0.717) is 43.2 Å². The normalized spacial score (nSPS) is 22.4. The van der Waals surface area contributed by atoms with Crippen LogP contribution in [-0.4, -0.2) is 127 Å². The molecule has 0 saturated carbocycles. The maximum absolute atomic E-state index is 14.0. The number of nitrogens with two attached hydrogens (primary N) is 1. The minimum Gasteiger partial charge on any atom is -0.495 e. The van der Waals surface area contributed by atoms with Crippen molar-refractivity contribution in [3.63, 3.8) is 0 Å². The highest BCUT2D eigenvalue weighted by Crippen LogP contribution is 2.35. The third-order valence-corrected chi connectivity index (χ3v) is 8.87. The highest BCUT2D eigenvalue weighted by Gasteiger charge is 2.45. The van der Waals surface area contributed by atoms with E-state index in [0.717, 1.165) is 11.4 Å². The van der Waals surface area contributed by atoms with Crippen molar-refractivity contribution in [3.05, 3.63) is 77.9 Å². The molecule has 2 aliphatic rings. The SMILES string of the molecule is COc1ccc(C(=N)N)cc1NC(C(=O)NCC(=O)N1CCN(c2ccccc2OC)CC1)c1ccccc1OC1OC(CO)C(O)C(O)C1O. The summed E-state index contributed by atoms with van der Waals surface area (Å²) < 4.78 is 22.5. The van der Waals surface area contributed by atoms with Gasteiger partial charge < -0.3 is 65.5 Å². The van der Waals surface area contributed by atoms with Gasteiger partial charge in [-0.3, -0.25) is 15.0 Å². The lowest BCUT2D eigenvalue weighted by Gasteiger charge is -2.40. The van der Waals surface area contributed by atoms with Gasteiger partial charge in [0.25, 0.3) is 0 Å². The number of carbonyl (C=O) groups excluding carboxylic acids is 2. The Kier molecular flexibility index (Phi) is 12.2. The minimum absolute atomic E-state index is 0.0509. The smallest absolute Gasteiger partial charge is 0.247 e. The maximum Gasteiger partial charge on any atom is 0.247 e. The summed E-state index contributed by atoms with van der Waals surface area (Å²) in [7, 11) is 3.05. The second kappa shape index (κ2) is 16.7. The monoisotopic (exact) mass is 708 g/mol. The van der Waals surface area contributed by atoms with E-state index in [2.05, 4.69) is 15.5 Å². The average molecular weight is 709 g/mol. The van der Waals surface area contributed by atoms with E-state index < -0.39 is 49.3 Å². The first-order valence-corrected chi connectivity index (χ1v) is 16.3. The summed E-state index contributed by atoms with van der Waals surface area (Å²) in [5, 5.41) is 54.6. The summed E-state index contributed by atoms with van der Waals surface area (Å²) in [6.45, 7) is 1.03. The van der Waals surface area contributed by atoms with Crippen molar-refractivity contribution < 1.29 is 49.0 Å². The highest BCUT2D eigenvalue weighted by molar-refractivity contribution is 5.97. The number of amidine groups is 1. The molecule has 6 atom stereocenters. The number of nitrogen functional groups attached to an aromatic ring is 1. The van der Waals surface area contributed by atoms with E-state index in [1.165, 1.54) is 19.2 Å². The van der Waals surface area contributed by atoms with Gasteiger partial charge in [0, 0.05) is 37.3 Å². The number of hydrogen-bond acceptors (Lipinski definition) is 13. The number of anilines is 2. The molecule has 5 rings (SSSR count). The van der Waals surface area contributed by atoms with Crippen LogP contribution < -0.4 is 35.5 Å². The third kappa shape index (κ3) is 8.44. The van der Waals surface area contributed by atoms with Crippen LogP contribution in [0, 0.1) is 5.41 Å². The van der Waals surface area contributed by atoms with Gasteiger partial charge in [-0.05, 0) is 36.4 Å². The number of piperazine rings is 1. The molecule has 2 aliphatic heterocycles. The summed E-state index contributed by atoms with van der Waals surface area (Å²) in [6, 6.07) is 17.5. The molecule has 2 heterocycles. The summed E-state index contributed by atoms with van der Waals surface area (Å²) in [4.78, 5) is 31.2. The highest BCUT2D eigenvalue weighted by atomic mass is 16.7. The minimum atomic E-state index is -1.70. The van der Waals surface area contributed by atoms with Gasteiger partial charge in [-0.1, -0.05) is 30.3 Å². The van der Waals surface area contributed by atoms with Crippen LogP contribution in [0.2, 0.25) is 0 Å². The molecular formula is C35H44N6O10. The number of methoxy groups -OCH3 is 2. The summed E-state index contributed by atoms with van der Waals surface area (Å²) >= 11 is 0. The van der Waals surface area contributed by atoms with Gasteiger partial charge >= 0.3 is 0 Å². The Bertz CT molecular complexity index is 1680. The number of para-hydroxylation sites is 3. The van der Waals surface area contributed by atoms with Crippen molar-refractivity contribution in [2.75, 3.05) is 63.8 Å². The fourth-order valence-electron chi connectivity index (χ4n) is 6.01. The quantitative estimate of drug-likeness (QED) is 0.0849. The van der Waals surface area contributed by atoms with E-state index in [1.807, 2.05) is 24.3 Å². The molecule has 0 spiro atoms. The lowest BCUT2D eigenvalue weighted by molar-refractivity contribution is -0.277. The first-order chi connectivity index (χ1) is 24.6. The Labute approximate surface area is 294 Å². The number of amides is 2. The summed E-state index contributed by atoms with van der Waals surface area (Å²) in [5.74, 6) is -0.0159. The largest absolute Gasteiger partial charge is 0.495 e. The van der Waals surface area contributed by atoms with Crippen molar-refractivity contribution in [1.29, 1.82) is 5.41 Å². The molecule has 2 amide bonds. The van der Waals surface area contributed by atoms with E-state index in [9.17, 15) is 30.0 Å². The molecular weight excluding hydrogens is 664 g/mol. The Morgan fingerprint density at radius 3 is 2.25 bits per heavy atom. The van der Waals surface area contributed by atoms with Gasteiger partial charge in [0.1, 0.15) is 53.5 Å². The first-order valence-electron chi connectivity index (χ1n) is 16.3. The van der Waals surface area contributed by atoms with Gasteiger partial charge in [0.05, 0.1) is 38.7 Å². The van der Waals surface area contributed by atoms with E-state index >= 15 is 0 Å². The van der Waals surface area contributed by atoms with Gasteiger partial charge in [-0.25, -0.2) is 0 Å². The van der Waals surface area contributed by atoms with Crippen molar-refractivity contribution in [3.8, 4) is 17.2 Å². The van der Waals surface area contributed by atoms with Gasteiger partial charge in [-0.15, -0.1) is 0 Å². The van der Waals surface area contributed by atoms with Crippen LogP contribution in [0.4, 0.5) is 11.4 Å². The zero-order chi connectivity index (χ0) is 36.7. The van der Waals surface area contributed by atoms with Crippen LogP contribution in [0.25, 0.3) is 0 Å². The van der Waals surface area contributed by atoms with Gasteiger partial charge in [0.15, 0.2) is 0 Å². The molecule has 3 aromatic carbocycles. The van der Waals surface area contributed by atoms with Gasteiger partial charge in [0.2, 0.25) is 18.1 Å². The van der Waals surface area contributed by atoms with Crippen molar-refractivity contribution in [2.24, 2.45) is 5.73 Å². The molecule has 0 aromatic heterocycles. The fourth-order valence-corrected chi connectivity index (χ4v) is 6.01. The predicted molar refractivity (Wildman–Crippen MR) is 186 cm³/mol. The molecule has 0 aliphatic carbocycles.